The molecule has 4 N–H and O–H groups in total. The van der Waals surface area contributed by atoms with Crippen LogP contribution in [0.4, 0.5) is 0 Å². The van der Waals surface area contributed by atoms with E-state index in [4.69, 9.17) is 20.0 Å². The van der Waals surface area contributed by atoms with Crippen molar-refractivity contribution in [2.24, 2.45) is 0 Å². The van der Waals surface area contributed by atoms with Gasteiger partial charge in [-0.1, -0.05) is 0 Å². The van der Waals surface area contributed by atoms with E-state index in [0.717, 1.165) is 6.92 Å². The van der Waals surface area contributed by atoms with Crippen LogP contribution in [0, 0.1) is 0 Å². The highest BCUT2D eigenvalue weighted by Gasteiger charge is 2.30. The first kappa shape index (κ1) is 9.07. The maximum Gasteiger partial charge on any atom is 0.356 e. The Morgan fingerprint density at radius 3 is 1.67 bits per heavy atom. The maximum absolute atomic E-state index is 10.1. The van der Waals surface area contributed by atoms with Crippen LogP contribution in [0.1, 0.15) is 6.92 Å². The zero-order valence-electron chi connectivity index (χ0n) is 4.80. The monoisotopic (exact) mass is 156 g/mol. The molecule has 2 unspecified atom stereocenters. The average molecular weight is 156 g/mol. The standard InChI is InChI=1S/C3H9O5P/c1-2(4)3(5)9(6,7)8/h2-5H,1H3,(H2,6,7,8). The lowest BCUT2D eigenvalue weighted by Gasteiger charge is -2.13. The summed E-state index contributed by atoms with van der Waals surface area (Å²) in [5.74, 6) is -1.96. The Hall–Kier alpha value is 0.0700. The highest BCUT2D eigenvalue weighted by Crippen LogP contribution is 2.40. The summed E-state index contributed by atoms with van der Waals surface area (Å²) in [5.41, 5.74) is 0. The van der Waals surface area contributed by atoms with Gasteiger partial charge in [0, 0.05) is 0 Å². The zero-order valence-corrected chi connectivity index (χ0v) is 5.69. The molecule has 0 aliphatic carbocycles. The van der Waals surface area contributed by atoms with Crippen molar-refractivity contribution in [2.75, 3.05) is 0 Å². The lowest BCUT2D eigenvalue weighted by atomic mass is 10.4. The second kappa shape index (κ2) is 2.77. The Morgan fingerprint density at radius 1 is 1.33 bits per heavy atom. The molecule has 0 saturated heterocycles. The van der Waals surface area contributed by atoms with Crippen molar-refractivity contribution in [3.63, 3.8) is 0 Å². The van der Waals surface area contributed by atoms with Crippen LogP contribution in [0.15, 0.2) is 0 Å². The molecular weight excluding hydrogens is 147 g/mol. The highest BCUT2D eigenvalue weighted by molar-refractivity contribution is 7.52. The van der Waals surface area contributed by atoms with E-state index in [1.165, 1.54) is 0 Å². The molecule has 5 nitrogen and oxygen atoms in total. The summed E-state index contributed by atoms with van der Waals surface area (Å²) < 4.78 is 10.1. The Bertz CT molecular complexity index is 126. The van der Waals surface area contributed by atoms with Crippen LogP contribution < -0.4 is 0 Å². The van der Waals surface area contributed by atoms with E-state index in [9.17, 15) is 4.57 Å². The van der Waals surface area contributed by atoms with Gasteiger partial charge >= 0.3 is 7.60 Å². The summed E-state index contributed by atoms with van der Waals surface area (Å²) in [7, 11) is -4.51. The number of aliphatic hydroxyl groups is 2. The van der Waals surface area contributed by atoms with E-state index in [2.05, 4.69) is 0 Å². The van der Waals surface area contributed by atoms with Crippen LogP contribution in [-0.4, -0.2) is 31.9 Å². The third-order valence-corrected chi connectivity index (χ3v) is 1.90. The molecule has 0 rings (SSSR count). The average Bonchev–Trinajstić information content (AvgIpc) is 1.62. The Balaban J connectivity index is 4.05. The first-order chi connectivity index (χ1) is 3.85. The van der Waals surface area contributed by atoms with Gasteiger partial charge in [0.05, 0.1) is 6.10 Å². The summed E-state index contributed by atoms with van der Waals surface area (Å²) >= 11 is 0. The Labute approximate surface area is 52.1 Å². The second-order valence-corrected chi connectivity index (χ2v) is 3.45. The molecule has 0 spiro atoms. The summed E-state index contributed by atoms with van der Waals surface area (Å²) in [6.45, 7) is 1.10. The van der Waals surface area contributed by atoms with Crippen LogP contribution >= 0.6 is 7.60 Å². The summed E-state index contributed by atoms with van der Waals surface area (Å²) in [6, 6.07) is 0. The Morgan fingerprint density at radius 2 is 1.67 bits per heavy atom. The fourth-order valence-corrected chi connectivity index (χ4v) is 0.843. The minimum absolute atomic E-state index is 1.10. The minimum Gasteiger partial charge on any atom is -0.390 e. The van der Waals surface area contributed by atoms with Crippen molar-refractivity contribution in [1.82, 2.24) is 0 Å². The molecule has 0 aromatic rings. The number of hydrogen-bond donors (Lipinski definition) is 4. The van der Waals surface area contributed by atoms with E-state index >= 15 is 0 Å². The Kier molecular flexibility index (Phi) is 2.79. The first-order valence-electron chi connectivity index (χ1n) is 2.27. The highest BCUT2D eigenvalue weighted by atomic mass is 31.2. The smallest absolute Gasteiger partial charge is 0.356 e. The normalized spacial score (nSPS) is 19.2. The van der Waals surface area contributed by atoms with Gasteiger partial charge in [-0.15, -0.1) is 0 Å². The van der Waals surface area contributed by atoms with Crippen molar-refractivity contribution < 1.29 is 24.6 Å². The summed E-state index contributed by atoms with van der Waals surface area (Å²) in [6.07, 6.45) is -1.40. The number of rotatable bonds is 2. The third-order valence-electron chi connectivity index (χ3n) is 0.776. The van der Waals surface area contributed by atoms with Crippen molar-refractivity contribution in [3.8, 4) is 0 Å². The lowest BCUT2D eigenvalue weighted by molar-refractivity contribution is 0.0641. The van der Waals surface area contributed by atoms with Gasteiger partial charge in [0.2, 0.25) is 0 Å². The summed E-state index contributed by atoms with van der Waals surface area (Å²) in [5, 5.41) is 16.9. The van der Waals surface area contributed by atoms with Gasteiger partial charge in [-0.2, -0.15) is 0 Å². The molecular formula is C3H9O5P. The molecule has 0 saturated carbocycles. The van der Waals surface area contributed by atoms with E-state index in [1.54, 1.807) is 0 Å². The van der Waals surface area contributed by atoms with Crippen molar-refractivity contribution in [3.05, 3.63) is 0 Å². The number of aliphatic hydroxyl groups excluding tert-OH is 2. The molecule has 0 aromatic carbocycles. The van der Waals surface area contributed by atoms with Gasteiger partial charge in [0.25, 0.3) is 0 Å². The molecule has 56 valence electrons. The van der Waals surface area contributed by atoms with Crippen LogP contribution in [0.3, 0.4) is 0 Å². The largest absolute Gasteiger partial charge is 0.390 e. The van der Waals surface area contributed by atoms with Crippen molar-refractivity contribution in [2.45, 2.75) is 18.9 Å². The predicted octanol–water partition coefficient (Wildman–Crippen LogP) is -1.14. The second-order valence-electron chi connectivity index (χ2n) is 1.74. The quantitative estimate of drug-likeness (QED) is 0.379. The summed E-state index contributed by atoms with van der Waals surface area (Å²) in [4.78, 5) is 16.3. The van der Waals surface area contributed by atoms with E-state index in [0.29, 0.717) is 0 Å². The topological polar surface area (TPSA) is 98.0 Å². The predicted molar refractivity (Wildman–Crippen MR) is 29.7 cm³/mol. The molecule has 2 atom stereocenters. The van der Waals surface area contributed by atoms with Gasteiger partial charge in [0.15, 0.2) is 5.85 Å². The molecule has 0 fully saturated rings. The molecule has 0 amide bonds. The van der Waals surface area contributed by atoms with Crippen molar-refractivity contribution in [1.29, 1.82) is 0 Å². The van der Waals surface area contributed by atoms with Crippen LogP contribution in [0.5, 0.6) is 0 Å². The van der Waals surface area contributed by atoms with Gasteiger partial charge < -0.3 is 20.0 Å². The van der Waals surface area contributed by atoms with Gasteiger partial charge in [0.1, 0.15) is 0 Å². The molecule has 0 radical (unpaired) electrons. The van der Waals surface area contributed by atoms with E-state index in [1.807, 2.05) is 0 Å². The first-order valence-corrected chi connectivity index (χ1v) is 3.95. The minimum atomic E-state index is -4.51. The maximum atomic E-state index is 10.1. The molecule has 0 aliphatic heterocycles. The van der Waals surface area contributed by atoms with E-state index < -0.39 is 19.5 Å². The molecule has 0 heterocycles. The number of hydrogen-bond acceptors (Lipinski definition) is 3. The van der Waals surface area contributed by atoms with Gasteiger partial charge in [-0.3, -0.25) is 4.57 Å². The van der Waals surface area contributed by atoms with Crippen LogP contribution in [-0.2, 0) is 4.57 Å². The molecule has 0 bridgehead atoms. The molecule has 0 aromatic heterocycles. The fourth-order valence-electron chi connectivity index (χ4n) is 0.281. The fraction of sp³-hybridized carbons (Fsp3) is 1.00. The SMILES string of the molecule is CC(O)C(O)P(=O)(O)O. The molecule has 6 heteroatoms. The zero-order chi connectivity index (χ0) is 7.65. The van der Waals surface area contributed by atoms with E-state index in [-0.39, 0.29) is 0 Å². The molecule has 0 aliphatic rings. The van der Waals surface area contributed by atoms with Crippen molar-refractivity contribution >= 4 is 7.60 Å². The van der Waals surface area contributed by atoms with Gasteiger partial charge in [-0.05, 0) is 6.92 Å². The van der Waals surface area contributed by atoms with Gasteiger partial charge in [-0.25, -0.2) is 0 Å². The van der Waals surface area contributed by atoms with Crippen LogP contribution in [0.25, 0.3) is 0 Å². The molecule has 9 heavy (non-hydrogen) atoms. The van der Waals surface area contributed by atoms with Crippen LogP contribution in [0.2, 0.25) is 0 Å². The third kappa shape index (κ3) is 2.93. The lowest BCUT2D eigenvalue weighted by Crippen LogP contribution is -2.21.